The molecule has 5 nitrogen and oxygen atoms in total. The van der Waals surface area contributed by atoms with E-state index >= 15 is 0 Å². The molecule has 0 bridgehead atoms. The molecule has 0 aliphatic rings. The van der Waals surface area contributed by atoms with Gasteiger partial charge in [0.15, 0.2) is 5.11 Å². The van der Waals surface area contributed by atoms with Crippen LogP contribution in [0.1, 0.15) is 0 Å². The maximum Gasteiger partial charge on any atom is 0.184 e. The van der Waals surface area contributed by atoms with E-state index in [1.165, 1.54) is 0 Å². The quantitative estimate of drug-likeness (QED) is 0.223. The van der Waals surface area contributed by atoms with E-state index in [9.17, 15) is 0 Å². The first kappa shape index (κ1) is 9.28. The SMILES string of the molecule is NC(=S)NN=CC(O)CO. The van der Waals surface area contributed by atoms with Gasteiger partial charge in [-0.3, -0.25) is 5.43 Å². The Morgan fingerprint density at radius 2 is 2.50 bits per heavy atom. The van der Waals surface area contributed by atoms with Crippen molar-refractivity contribution in [3.63, 3.8) is 0 Å². The Hall–Kier alpha value is -0.720. The fraction of sp³-hybridized carbons (Fsp3) is 0.500. The Morgan fingerprint density at radius 1 is 1.90 bits per heavy atom. The fourth-order valence-electron chi connectivity index (χ4n) is 0.234. The molecule has 0 heterocycles. The molecule has 0 aromatic rings. The normalized spacial score (nSPS) is 13.4. The minimum atomic E-state index is -0.971. The first-order valence-electron chi connectivity index (χ1n) is 2.54. The summed E-state index contributed by atoms with van der Waals surface area (Å²) < 4.78 is 0. The molecule has 0 aliphatic carbocycles. The Morgan fingerprint density at radius 3 is 2.90 bits per heavy atom. The van der Waals surface area contributed by atoms with Crippen molar-refractivity contribution in [2.45, 2.75) is 6.10 Å². The number of nitrogens with two attached hydrogens (primary N) is 1. The molecule has 0 aromatic carbocycles. The molecule has 10 heavy (non-hydrogen) atoms. The van der Waals surface area contributed by atoms with E-state index in [2.05, 4.69) is 22.7 Å². The molecule has 0 rings (SSSR count). The van der Waals surface area contributed by atoms with Crippen molar-refractivity contribution < 1.29 is 10.2 Å². The number of hydrogen-bond donors (Lipinski definition) is 4. The lowest BCUT2D eigenvalue weighted by Crippen LogP contribution is -2.25. The van der Waals surface area contributed by atoms with Crippen molar-refractivity contribution in [1.29, 1.82) is 0 Å². The van der Waals surface area contributed by atoms with E-state index in [-0.39, 0.29) is 11.7 Å². The highest BCUT2D eigenvalue weighted by molar-refractivity contribution is 7.80. The van der Waals surface area contributed by atoms with E-state index in [1.807, 2.05) is 0 Å². The van der Waals surface area contributed by atoms with Crippen LogP contribution in [0.3, 0.4) is 0 Å². The average molecular weight is 163 g/mol. The van der Waals surface area contributed by atoms with Crippen molar-refractivity contribution in [2.75, 3.05) is 6.61 Å². The Balaban J connectivity index is 3.45. The van der Waals surface area contributed by atoms with Gasteiger partial charge in [0.2, 0.25) is 0 Å². The zero-order valence-corrected chi connectivity index (χ0v) is 6.01. The summed E-state index contributed by atoms with van der Waals surface area (Å²) in [4.78, 5) is 0. The van der Waals surface area contributed by atoms with Crippen molar-refractivity contribution in [3.05, 3.63) is 0 Å². The van der Waals surface area contributed by atoms with Gasteiger partial charge < -0.3 is 15.9 Å². The van der Waals surface area contributed by atoms with Crippen LogP contribution in [0.2, 0.25) is 0 Å². The number of aliphatic hydroxyl groups excluding tert-OH is 2. The van der Waals surface area contributed by atoms with E-state index in [0.717, 1.165) is 6.21 Å². The smallest absolute Gasteiger partial charge is 0.184 e. The summed E-state index contributed by atoms with van der Waals surface area (Å²) in [6.45, 7) is -0.373. The van der Waals surface area contributed by atoms with Crippen LogP contribution in [0.4, 0.5) is 0 Å². The van der Waals surface area contributed by atoms with E-state index in [4.69, 9.17) is 15.9 Å². The lowest BCUT2D eigenvalue weighted by Gasteiger charge is -1.97. The van der Waals surface area contributed by atoms with Gasteiger partial charge in [-0.25, -0.2) is 0 Å². The zero-order valence-electron chi connectivity index (χ0n) is 5.19. The average Bonchev–Trinajstić information content (AvgIpc) is 1.87. The molecule has 0 radical (unpaired) electrons. The Kier molecular flexibility index (Phi) is 4.73. The molecule has 0 aromatic heterocycles. The maximum atomic E-state index is 8.65. The Labute approximate surface area is 63.5 Å². The molecule has 1 unspecified atom stereocenters. The minimum absolute atomic E-state index is 0.0152. The molecule has 0 saturated heterocycles. The number of thiocarbonyl (C=S) groups is 1. The third kappa shape index (κ3) is 5.42. The van der Waals surface area contributed by atoms with Gasteiger partial charge in [-0.05, 0) is 12.2 Å². The highest BCUT2D eigenvalue weighted by atomic mass is 32.1. The first-order valence-corrected chi connectivity index (χ1v) is 2.95. The van der Waals surface area contributed by atoms with Crippen LogP contribution in [0.25, 0.3) is 0 Å². The first-order chi connectivity index (χ1) is 4.66. The summed E-state index contributed by atoms with van der Waals surface area (Å²) in [6.07, 6.45) is 0.126. The highest BCUT2D eigenvalue weighted by Crippen LogP contribution is 1.71. The number of aliphatic hydroxyl groups is 2. The van der Waals surface area contributed by atoms with Gasteiger partial charge >= 0.3 is 0 Å². The van der Waals surface area contributed by atoms with Crippen molar-refractivity contribution in [3.8, 4) is 0 Å². The number of nitrogens with one attached hydrogen (secondary N) is 1. The molecule has 5 N–H and O–H groups in total. The van der Waals surface area contributed by atoms with E-state index in [0.29, 0.717) is 0 Å². The van der Waals surface area contributed by atoms with Crippen molar-refractivity contribution >= 4 is 23.5 Å². The van der Waals surface area contributed by atoms with Gasteiger partial charge in [-0.2, -0.15) is 5.10 Å². The summed E-state index contributed by atoms with van der Waals surface area (Å²) in [5.41, 5.74) is 7.20. The number of hydrazone groups is 1. The van der Waals surface area contributed by atoms with Crippen molar-refractivity contribution in [1.82, 2.24) is 5.43 Å². The topological polar surface area (TPSA) is 90.9 Å². The largest absolute Gasteiger partial charge is 0.393 e. The molecule has 0 saturated carbocycles. The minimum Gasteiger partial charge on any atom is -0.393 e. The van der Waals surface area contributed by atoms with E-state index < -0.39 is 6.10 Å². The molecule has 58 valence electrons. The summed E-state index contributed by atoms with van der Waals surface area (Å²) in [6, 6.07) is 0. The van der Waals surface area contributed by atoms with Gasteiger partial charge in [0.05, 0.1) is 12.8 Å². The maximum absolute atomic E-state index is 8.65. The number of nitrogens with zero attached hydrogens (tertiary/aromatic N) is 1. The summed E-state index contributed by atoms with van der Waals surface area (Å²) in [5.74, 6) is 0. The lowest BCUT2D eigenvalue weighted by molar-refractivity contribution is 0.148. The second kappa shape index (κ2) is 5.10. The molecule has 0 amide bonds. The zero-order chi connectivity index (χ0) is 7.98. The molecule has 0 spiro atoms. The fourth-order valence-corrected chi connectivity index (χ4v) is 0.287. The second-order valence-electron chi connectivity index (χ2n) is 1.50. The van der Waals surface area contributed by atoms with Crippen LogP contribution < -0.4 is 11.2 Å². The molecule has 0 fully saturated rings. The predicted molar refractivity (Wildman–Crippen MR) is 41.5 cm³/mol. The molecule has 6 heteroatoms. The van der Waals surface area contributed by atoms with Crippen LogP contribution in [-0.4, -0.2) is 34.3 Å². The summed E-state index contributed by atoms with van der Waals surface area (Å²) in [5, 5.41) is 20.3. The number of rotatable bonds is 3. The van der Waals surface area contributed by atoms with Crippen LogP contribution in [0.15, 0.2) is 5.10 Å². The van der Waals surface area contributed by atoms with Gasteiger partial charge in [-0.1, -0.05) is 0 Å². The number of hydrogen-bond acceptors (Lipinski definition) is 4. The van der Waals surface area contributed by atoms with Crippen LogP contribution in [-0.2, 0) is 0 Å². The monoisotopic (exact) mass is 163 g/mol. The Bertz CT molecular complexity index is 138. The van der Waals surface area contributed by atoms with Gasteiger partial charge in [-0.15, -0.1) is 0 Å². The lowest BCUT2D eigenvalue weighted by atomic mass is 10.4. The summed E-state index contributed by atoms with van der Waals surface area (Å²) >= 11 is 4.39. The second-order valence-corrected chi connectivity index (χ2v) is 1.94. The van der Waals surface area contributed by atoms with Crippen LogP contribution in [0, 0.1) is 0 Å². The third-order valence-electron chi connectivity index (χ3n) is 0.608. The van der Waals surface area contributed by atoms with Gasteiger partial charge in [0.25, 0.3) is 0 Å². The summed E-state index contributed by atoms with van der Waals surface area (Å²) in [7, 11) is 0. The molecule has 0 aliphatic heterocycles. The predicted octanol–water partition coefficient (Wildman–Crippen LogP) is -1.84. The molecular weight excluding hydrogens is 154 g/mol. The molecular formula is C4H9N3O2S. The van der Waals surface area contributed by atoms with Crippen LogP contribution in [0.5, 0.6) is 0 Å². The highest BCUT2D eigenvalue weighted by Gasteiger charge is 1.93. The van der Waals surface area contributed by atoms with Crippen molar-refractivity contribution in [2.24, 2.45) is 10.8 Å². The third-order valence-corrected chi connectivity index (χ3v) is 0.700. The van der Waals surface area contributed by atoms with Crippen LogP contribution >= 0.6 is 12.2 Å². The standard InChI is InChI=1S/C4H9N3O2S/c5-4(10)7-6-1-3(9)2-8/h1,3,8-9H,2H2,(H3,5,7,10). The van der Waals surface area contributed by atoms with E-state index in [1.54, 1.807) is 0 Å². The molecule has 1 atom stereocenters. The van der Waals surface area contributed by atoms with Gasteiger partial charge in [0.1, 0.15) is 6.10 Å². The van der Waals surface area contributed by atoms with Gasteiger partial charge in [0, 0.05) is 0 Å².